The van der Waals surface area contributed by atoms with Gasteiger partial charge in [0.25, 0.3) is 0 Å². The highest BCUT2D eigenvalue weighted by Crippen LogP contribution is 2.63. The van der Waals surface area contributed by atoms with Crippen molar-refractivity contribution in [2.45, 2.75) is 64.8 Å². The average Bonchev–Trinajstić information content (AvgIpc) is 3.17. The number of carbonyl (C=O) groups is 2. The van der Waals surface area contributed by atoms with Gasteiger partial charge in [0, 0.05) is 19.3 Å². The van der Waals surface area contributed by atoms with Crippen molar-refractivity contribution in [2.24, 2.45) is 17.3 Å². The Morgan fingerprint density at radius 1 is 1.43 bits per heavy atom. The Balaban J connectivity index is 1.90. The van der Waals surface area contributed by atoms with E-state index >= 15 is 0 Å². The van der Waals surface area contributed by atoms with Gasteiger partial charge in [0.05, 0.1) is 11.7 Å². The van der Waals surface area contributed by atoms with Gasteiger partial charge in [-0.1, -0.05) is 19.9 Å². The normalized spacial score (nSPS) is 43.7. The lowest BCUT2D eigenvalue weighted by molar-refractivity contribution is -0.149. The minimum absolute atomic E-state index is 0.0689. The third-order valence-electron chi connectivity index (χ3n) is 5.60. The summed E-state index contributed by atoms with van der Waals surface area (Å²) in [5.74, 6) is 0.343. The predicted octanol–water partition coefficient (Wildman–Crippen LogP) is 2.66. The van der Waals surface area contributed by atoms with Crippen molar-refractivity contribution in [3.63, 3.8) is 0 Å². The fourth-order valence-corrected chi connectivity index (χ4v) is 4.15. The topological polar surface area (TPSA) is 55.9 Å². The van der Waals surface area contributed by atoms with E-state index in [2.05, 4.69) is 26.8 Å². The smallest absolute Gasteiger partial charge is 0.302 e. The maximum absolute atomic E-state index is 11.4. The van der Waals surface area contributed by atoms with E-state index < -0.39 is 0 Å². The number of rotatable bonds is 2. The minimum Gasteiger partial charge on any atom is -0.462 e. The van der Waals surface area contributed by atoms with Crippen LogP contribution in [0.15, 0.2) is 11.6 Å². The SMILES string of the molecule is CC(=O)OC1CC2(C)OC2CCC(C=O)=CC2C1C2(C)C. The van der Waals surface area contributed by atoms with Crippen molar-refractivity contribution < 1.29 is 19.1 Å². The molecule has 0 bridgehead atoms. The summed E-state index contributed by atoms with van der Waals surface area (Å²) >= 11 is 0. The van der Waals surface area contributed by atoms with Crippen molar-refractivity contribution in [2.75, 3.05) is 0 Å². The van der Waals surface area contributed by atoms with E-state index in [1.165, 1.54) is 6.92 Å². The number of fused-ring (bicyclic) bond motifs is 2. The van der Waals surface area contributed by atoms with Crippen LogP contribution in [-0.4, -0.2) is 30.1 Å². The molecule has 1 saturated heterocycles. The zero-order valence-electron chi connectivity index (χ0n) is 13.2. The van der Waals surface area contributed by atoms with Crippen LogP contribution in [0.2, 0.25) is 0 Å². The largest absolute Gasteiger partial charge is 0.462 e. The molecule has 2 aliphatic carbocycles. The molecule has 4 nitrogen and oxygen atoms in total. The zero-order chi connectivity index (χ0) is 15.4. The lowest BCUT2D eigenvalue weighted by atomic mass is 9.91. The Morgan fingerprint density at radius 2 is 2.14 bits per heavy atom. The van der Waals surface area contributed by atoms with Crippen molar-refractivity contribution in [1.29, 1.82) is 0 Å². The zero-order valence-corrected chi connectivity index (χ0v) is 13.2. The van der Waals surface area contributed by atoms with Gasteiger partial charge in [-0.3, -0.25) is 9.59 Å². The van der Waals surface area contributed by atoms with E-state index in [0.717, 1.165) is 31.1 Å². The number of hydrogen-bond donors (Lipinski definition) is 0. The first kappa shape index (κ1) is 14.8. The molecule has 21 heavy (non-hydrogen) atoms. The standard InChI is InChI=1S/C17H24O4/c1-10(19)20-13-8-17(4)14(21-17)6-5-11(9-18)7-12-15(13)16(12,2)3/h7,9,12-15H,5-6,8H2,1-4H3. The van der Waals surface area contributed by atoms with Crippen LogP contribution in [0.4, 0.5) is 0 Å². The van der Waals surface area contributed by atoms with Crippen LogP contribution in [0.25, 0.3) is 0 Å². The monoisotopic (exact) mass is 292 g/mol. The Morgan fingerprint density at radius 3 is 2.76 bits per heavy atom. The molecule has 2 fully saturated rings. The predicted molar refractivity (Wildman–Crippen MR) is 77.6 cm³/mol. The maximum Gasteiger partial charge on any atom is 0.302 e. The van der Waals surface area contributed by atoms with E-state index in [1.807, 2.05) is 0 Å². The van der Waals surface area contributed by atoms with Crippen LogP contribution in [0.5, 0.6) is 0 Å². The molecule has 1 saturated carbocycles. The van der Waals surface area contributed by atoms with Crippen molar-refractivity contribution in [3.8, 4) is 0 Å². The van der Waals surface area contributed by atoms with Gasteiger partial charge in [-0.15, -0.1) is 0 Å². The molecule has 0 radical (unpaired) electrons. The molecule has 5 unspecified atom stereocenters. The second kappa shape index (κ2) is 4.67. The Hall–Kier alpha value is -1.16. The maximum atomic E-state index is 11.4. The van der Waals surface area contributed by atoms with Gasteiger partial charge in [0.2, 0.25) is 0 Å². The highest BCUT2D eigenvalue weighted by atomic mass is 16.6. The molecule has 0 aromatic heterocycles. The molecular weight excluding hydrogens is 268 g/mol. The van der Waals surface area contributed by atoms with E-state index in [9.17, 15) is 9.59 Å². The first-order chi connectivity index (χ1) is 9.78. The summed E-state index contributed by atoms with van der Waals surface area (Å²) < 4.78 is 11.4. The molecule has 0 spiro atoms. The summed E-state index contributed by atoms with van der Waals surface area (Å²) in [4.78, 5) is 22.7. The Bertz CT molecular complexity index is 507. The first-order valence-electron chi connectivity index (χ1n) is 7.79. The van der Waals surface area contributed by atoms with Gasteiger partial charge in [0.15, 0.2) is 0 Å². The van der Waals surface area contributed by atoms with E-state index in [4.69, 9.17) is 9.47 Å². The second-order valence-corrected chi connectivity index (χ2v) is 7.54. The average molecular weight is 292 g/mol. The number of esters is 1. The second-order valence-electron chi connectivity index (χ2n) is 7.54. The number of ether oxygens (including phenoxy) is 2. The van der Waals surface area contributed by atoms with E-state index in [0.29, 0.717) is 5.92 Å². The molecule has 0 aromatic rings. The molecule has 116 valence electrons. The number of allylic oxidation sites excluding steroid dienone is 2. The van der Waals surface area contributed by atoms with Crippen molar-refractivity contribution in [1.82, 2.24) is 0 Å². The van der Waals surface area contributed by atoms with Crippen LogP contribution in [0.3, 0.4) is 0 Å². The number of aldehydes is 1. The first-order valence-corrected chi connectivity index (χ1v) is 7.79. The summed E-state index contributed by atoms with van der Waals surface area (Å²) in [7, 11) is 0. The van der Waals surface area contributed by atoms with E-state index in [1.54, 1.807) is 0 Å². The van der Waals surface area contributed by atoms with Crippen LogP contribution < -0.4 is 0 Å². The molecule has 5 atom stereocenters. The van der Waals surface area contributed by atoms with Gasteiger partial charge in [-0.2, -0.15) is 0 Å². The summed E-state index contributed by atoms with van der Waals surface area (Å²) in [5.41, 5.74) is 0.727. The number of carbonyl (C=O) groups excluding carboxylic acids is 2. The quantitative estimate of drug-likeness (QED) is 0.446. The number of hydrogen-bond acceptors (Lipinski definition) is 4. The van der Waals surface area contributed by atoms with Gasteiger partial charge in [0.1, 0.15) is 12.4 Å². The third kappa shape index (κ3) is 2.54. The van der Waals surface area contributed by atoms with Gasteiger partial charge >= 0.3 is 5.97 Å². The van der Waals surface area contributed by atoms with Crippen molar-refractivity contribution in [3.05, 3.63) is 11.6 Å². The van der Waals surface area contributed by atoms with Gasteiger partial charge in [-0.05, 0) is 36.7 Å². The molecule has 0 N–H and O–H groups in total. The van der Waals surface area contributed by atoms with E-state index in [-0.39, 0.29) is 35.1 Å². The molecule has 3 rings (SSSR count). The Labute approximate surface area is 125 Å². The highest BCUT2D eigenvalue weighted by molar-refractivity contribution is 5.73. The van der Waals surface area contributed by atoms with Crippen LogP contribution >= 0.6 is 0 Å². The fraction of sp³-hybridized carbons (Fsp3) is 0.765. The lowest BCUT2D eigenvalue weighted by Crippen LogP contribution is -2.28. The molecule has 0 aromatic carbocycles. The molecular formula is C17H24O4. The molecule has 4 heteroatoms. The van der Waals surface area contributed by atoms with Crippen LogP contribution in [-0.2, 0) is 19.1 Å². The lowest BCUT2D eigenvalue weighted by Gasteiger charge is -2.21. The molecule has 1 aliphatic heterocycles. The fourth-order valence-electron chi connectivity index (χ4n) is 4.15. The summed E-state index contributed by atoms with van der Waals surface area (Å²) in [5, 5.41) is 0. The summed E-state index contributed by atoms with van der Waals surface area (Å²) in [6, 6.07) is 0. The van der Waals surface area contributed by atoms with Gasteiger partial charge in [-0.25, -0.2) is 0 Å². The highest BCUT2D eigenvalue weighted by Gasteiger charge is 2.64. The number of epoxide rings is 1. The summed E-state index contributed by atoms with van der Waals surface area (Å²) in [6.45, 7) is 7.92. The minimum atomic E-state index is -0.237. The molecule has 0 amide bonds. The Kier molecular flexibility index (Phi) is 3.28. The van der Waals surface area contributed by atoms with Crippen LogP contribution in [0.1, 0.15) is 47.0 Å². The third-order valence-corrected chi connectivity index (χ3v) is 5.60. The summed E-state index contributed by atoms with van der Waals surface area (Å²) in [6.07, 6.45) is 5.52. The molecule has 3 aliphatic rings. The van der Waals surface area contributed by atoms with Gasteiger partial charge < -0.3 is 9.47 Å². The van der Waals surface area contributed by atoms with Crippen LogP contribution in [0, 0.1) is 17.3 Å². The molecule has 1 heterocycles. The van der Waals surface area contributed by atoms with Crippen molar-refractivity contribution >= 4 is 12.3 Å².